The number of benzene rings is 3. The number of methoxy groups -OCH3 is 2. The van der Waals surface area contributed by atoms with Gasteiger partial charge in [-0.3, -0.25) is 4.90 Å². The summed E-state index contributed by atoms with van der Waals surface area (Å²) in [6, 6.07) is 24.9. The monoisotopic (exact) mass is 427 g/mol. The van der Waals surface area contributed by atoms with Crippen molar-refractivity contribution in [2.24, 2.45) is 0 Å². The zero-order valence-electron chi connectivity index (χ0n) is 18.2. The Labute approximate surface area is 187 Å². The molecule has 0 fully saturated rings. The molecule has 0 saturated heterocycles. The summed E-state index contributed by atoms with van der Waals surface area (Å²) >= 11 is 0. The van der Waals surface area contributed by atoms with Crippen molar-refractivity contribution in [1.82, 2.24) is 15.0 Å². The van der Waals surface area contributed by atoms with Gasteiger partial charge in [-0.25, -0.2) is 0 Å². The molecule has 1 aliphatic rings. The van der Waals surface area contributed by atoms with Crippen molar-refractivity contribution in [1.29, 1.82) is 0 Å². The molecule has 0 radical (unpaired) electrons. The van der Waals surface area contributed by atoms with Crippen LogP contribution in [0, 0.1) is 0 Å². The fraction of sp³-hybridized carbons (Fsp3) is 0.231. The van der Waals surface area contributed by atoms with E-state index in [-0.39, 0.29) is 0 Å². The zero-order chi connectivity index (χ0) is 21.9. The lowest BCUT2D eigenvalue weighted by atomic mass is 9.85. The molecule has 4 aromatic rings. The van der Waals surface area contributed by atoms with Gasteiger partial charge >= 0.3 is 0 Å². The van der Waals surface area contributed by atoms with Crippen LogP contribution in [0.5, 0.6) is 11.5 Å². The van der Waals surface area contributed by atoms with E-state index in [1.165, 1.54) is 16.7 Å². The fourth-order valence-electron chi connectivity index (χ4n) is 4.37. The molecule has 2 heterocycles. The van der Waals surface area contributed by atoms with Crippen LogP contribution in [0.25, 0.3) is 11.4 Å². The van der Waals surface area contributed by atoms with E-state index in [1.807, 2.05) is 18.2 Å². The maximum atomic E-state index is 5.61. The second kappa shape index (κ2) is 8.85. The molecular formula is C26H25N3O3. The molecule has 0 bridgehead atoms. The molecule has 5 rings (SSSR count). The van der Waals surface area contributed by atoms with Gasteiger partial charge in [0.05, 0.1) is 20.8 Å². The highest BCUT2D eigenvalue weighted by molar-refractivity contribution is 5.60. The van der Waals surface area contributed by atoms with E-state index in [4.69, 9.17) is 14.0 Å². The van der Waals surface area contributed by atoms with Crippen LogP contribution >= 0.6 is 0 Å². The molecular weight excluding hydrogens is 402 g/mol. The van der Waals surface area contributed by atoms with E-state index in [0.29, 0.717) is 35.7 Å². The molecule has 0 N–H and O–H groups in total. The molecule has 0 saturated carbocycles. The first-order chi connectivity index (χ1) is 15.7. The highest BCUT2D eigenvalue weighted by Gasteiger charge is 2.27. The number of fused-ring (bicyclic) bond motifs is 1. The van der Waals surface area contributed by atoms with Crippen LogP contribution in [0.3, 0.4) is 0 Å². The van der Waals surface area contributed by atoms with Gasteiger partial charge in [0.25, 0.3) is 0 Å². The van der Waals surface area contributed by atoms with Crippen LogP contribution in [0.4, 0.5) is 0 Å². The number of ether oxygens (including phenoxy) is 2. The summed E-state index contributed by atoms with van der Waals surface area (Å²) < 4.78 is 16.3. The van der Waals surface area contributed by atoms with Gasteiger partial charge in [0, 0.05) is 24.6 Å². The van der Waals surface area contributed by atoms with E-state index >= 15 is 0 Å². The topological polar surface area (TPSA) is 60.6 Å². The predicted molar refractivity (Wildman–Crippen MR) is 122 cm³/mol. The molecule has 6 nitrogen and oxygen atoms in total. The first kappa shape index (κ1) is 20.3. The first-order valence-electron chi connectivity index (χ1n) is 10.6. The molecule has 0 amide bonds. The summed E-state index contributed by atoms with van der Waals surface area (Å²) in [6.07, 6.45) is 0. The summed E-state index contributed by atoms with van der Waals surface area (Å²) in [4.78, 5) is 7.01. The van der Waals surface area contributed by atoms with Crippen LogP contribution < -0.4 is 9.47 Å². The van der Waals surface area contributed by atoms with Crippen LogP contribution in [0.1, 0.15) is 28.5 Å². The SMILES string of the molecule is COc1ccc(-c2noc(CN3Cc4ccccc4[C@@H](c4ccccc4)C3)n2)cc1OC. The minimum absolute atomic E-state index is 0.314. The molecule has 162 valence electrons. The summed E-state index contributed by atoms with van der Waals surface area (Å²) in [6.45, 7) is 2.35. The summed E-state index contributed by atoms with van der Waals surface area (Å²) in [5.74, 6) is 2.75. The third-order valence-corrected chi connectivity index (χ3v) is 5.94. The van der Waals surface area contributed by atoms with E-state index in [1.54, 1.807) is 14.2 Å². The average molecular weight is 428 g/mol. The van der Waals surface area contributed by atoms with E-state index < -0.39 is 0 Å². The minimum atomic E-state index is 0.314. The van der Waals surface area contributed by atoms with Crippen LogP contribution in [0.15, 0.2) is 77.3 Å². The van der Waals surface area contributed by atoms with E-state index in [0.717, 1.165) is 18.7 Å². The Bertz CT molecular complexity index is 1210. The number of rotatable bonds is 6. The van der Waals surface area contributed by atoms with Crippen molar-refractivity contribution >= 4 is 0 Å². The van der Waals surface area contributed by atoms with Gasteiger partial charge in [0.1, 0.15) is 0 Å². The van der Waals surface area contributed by atoms with Gasteiger partial charge in [0.2, 0.25) is 11.7 Å². The number of hydrogen-bond acceptors (Lipinski definition) is 6. The lowest BCUT2D eigenvalue weighted by Crippen LogP contribution is -2.33. The summed E-state index contributed by atoms with van der Waals surface area (Å²) in [5.41, 5.74) is 4.88. The van der Waals surface area contributed by atoms with Crippen molar-refractivity contribution in [3.63, 3.8) is 0 Å². The minimum Gasteiger partial charge on any atom is -0.493 e. The average Bonchev–Trinajstić information content (AvgIpc) is 3.32. The van der Waals surface area contributed by atoms with Crippen molar-refractivity contribution in [2.45, 2.75) is 19.0 Å². The maximum Gasteiger partial charge on any atom is 0.241 e. The van der Waals surface area contributed by atoms with E-state index in [9.17, 15) is 0 Å². The molecule has 6 heteroatoms. The first-order valence-corrected chi connectivity index (χ1v) is 10.6. The third-order valence-electron chi connectivity index (χ3n) is 5.94. The van der Waals surface area contributed by atoms with Crippen molar-refractivity contribution in [3.05, 3.63) is 95.4 Å². The molecule has 1 aromatic heterocycles. The van der Waals surface area contributed by atoms with Crippen molar-refractivity contribution < 1.29 is 14.0 Å². The lowest BCUT2D eigenvalue weighted by molar-refractivity contribution is 0.200. The Kier molecular flexibility index (Phi) is 5.60. The molecule has 1 atom stereocenters. The van der Waals surface area contributed by atoms with Gasteiger partial charge < -0.3 is 14.0 Å². The fourth-order valence-corrected chi connectivity index (χ4v) is 4.37. The molecule has 1 aliphatic heterocycles. The second-order valence-corrected chi connectivity index (χ2v) is 7.91. The van der Waals surface area contributed by atoms with Crippen LogP contribution in [-0.2, 0) is 13.1 Å². The highest BCUT2D eigenvalue weighted by Crippen LogP contribution is 2.34. The van der Waals surface area contributed by atoms with E-state index in [2.05, 4.69) is 69.6 Å². The Morgan fingerprint density at radius 2 is 1.72 bits per heavy atom. The zero-order valence-corrected chi connectivity index (χ0v) is 18.2. The van der Waals surface area contributed by atoms with Crippen molar-refractivity contribution in [2.75, 3.05) is 20.8 Å². The van der Waals surface area contributed by atoms with Gasteiger partial charge in [-0.1, -0.05) is 59.8 Å². The van der Waals surface area contributed by atoms with Gasteiger partial charge in [-0.05, 0) is 34.9 Å². The van der Waals surface area contributed by atoms with Gasteiger partial charge in [-0.2, -0.15) is 4.98 Å². The normalized spacial score (nSPS) is 15.9. The number of hydrogen-bond donors (Lipinski definition) is 0. The number of nitrogens with zero attached hydrogens (tertiary/aromatic N) is 3. The molecule has 3 aromatic carbocycles. The smallest absolute Gasteiger partial charge is 0.241 e. The largest absolute Gasteiger partial charge is 0.493 e. The highest BCUT2D eigenvalue weighted by atomic mass is 16.5. The molecule has 0 aliphatic carbocycles. The standard InChI is InChI=1S/C26H25N3O3/c1-30-23-13-12-19(14-24(23)31-2)26-27-25(32-28-26)17-29-15-20-10-6-7-11-21(20)22(16-29)18-8-4-3-5-9-18/h3-14,22H,15-17H2,1-2H3/t22-/m1/s1. The summed E-state index contributed by atoms with van der Waals surface area (Å²) in [5, 5.41) is 4.20. The van der Waals surface area contributed by atoms with Gasteiger partial charge in [0.15, 0.2) is 11.5 Å². The van der Waals surface area contributed by atoms with Crippen LogP contribution in [0.2, 0.25) is 0 Å². The quantitative estimate of drug-likeness (QED) is 0.436. The Balaban J connectivity index is 1.38. The molecule has 32 heavy (non-hydrogen) atoms. The van der Waals surface area contributed by atoms with Crippen molar-refractivity contribution in [3.8, 4) is 22.9 Å². The number of aromatic nitrogens is 2. The van der Waals surface area contributed by atoms with Crippen LogP contribution in [-0.4, -0.2) is 35.8 Å². The molecule has 0 spiro atoms. The lowest BCUT2D eigenvalue weighted by Gasteiger charge is -2.34. The molecule has 0 unspecified atom stereocenters. The van der Waals surface area contributed by atoms with Gasteiger partial charge in [-0.15, -0.1) is 0 Å². The second-order valence-electron chi connectivity index (χ2n) is 7.91. The Morgan fingerprint density at radius 3 is 2.53 bits per heavy atom. The Hall–Kier alpha value is -3.64. The predicted octanol–water partition coefficient (Wildman–Crippen LogP) is 4.90. The maximum absolute atomic E-state index is 5.61. The Morgan fingerprint density at radius 1 is 0.938 bits per heavy atom. The summed E-state index contributed by atoms with van der Waals surface area (Å²) in [7, 11) is 3.23. The third kappa shape index (κ3) is 3.97.